The summed E-state index contributed by atoms with van der Waals surface area (Å²) in [5.74, 6) is 1.04. The van der Waals surface area contributed by atoms with Crippen molar-refractivity contribution in [1.29, 1.82) is 0 Å². The average molecular weight is 410 g/mol. The minimum atomic E-state index is -0.468. The lowest BCUT2D eigenvalue weighted by molar-refractivity contribution is -0.119. The molecule has 2 aliphatic rings. The lowest BCUT2D eigenvalue weighted by atomic mass is 10.00. The number of benzene rings is 2. The van der Waals surface area contributed by atoms with Gasteiger partial charge < -0.3 is 20.1 Å². The summed E-state index contributed by atoms with van der Waals surface area (Å²) < 4.78 is 5.49. The number of aliphatic hydroxyl groups is 1. The fraction of sp³-hybridized carbons (Fsp3) is 0.458. The fourth-order valence-electron chi connectivity index (χ4n) is 4.39. The third-order valence-electron chi connectivity index (χ3n) is 6.24. The number of anilines is 1. The molecule has 0 aliphatic carbocycles. The summed E-state index contributed by atoms with van der Waals surface area (Å²) in [4.78, 5) is 16.2. The minimum Gasteiger partial charge on any atom is -0.495 e. The third kappa shape index (κ3) is 4.77. The molecule has 2 unspecified atom stereocenters. The molecule has 160 valence electrons. The predicted octanol–water partition coefficient (Wildman–Crippen LogP) is 2.89. The number of nitrogens with one attached hydrogen (secondary N) is 1. The number of methoxy groups -OCH3 is 1. The molecule has 2 aromatic rings. The molecule has 1 amide bonds. The summed E-state index contributed by atoms with van der Waals surface area (Å²) in [6.07, 6.45) is 1.69. The van der Waals surface area contributed by atoms with Crippen LogP contribution in [-0.4, -0.2) is 55.7 Å². The van der Waals surface area contributed by atoms with Gasteiger partial charge in [-0.3, -0.25) is 9.69 Å². The molecule has 6 heteroatoms. The van der Waals surface area contributed by atoms with Gasteiger partial charge in [0.05, 0.1) is 24.9 Å². The maximum Gasteiger partial charge on any atom is 0.220 e. The Balaban J connectivity index is 1.25. The van der Waals surface area contributed by atoms with Gasteiger partial charge in [-0.05, 0) is 36.1 Å². The molecule has 0 aromatic heterocycles. The van der Waals surface area contributed by atoms with Gasteiger partial charge in [-0.1, -0.05) is 36.4 Å². The Kier molecular flexibility index (Phi) is 6.55. The highest BCUT2D eigenvalue weighted by molar-refractivity contribution is 5.78. The van der Waals surface area contributed by atoms with E-state index in [4.69, 9.17) is 4.74 Å². The van der Waals surface area contributed by atoms with Crippen LogP contribution in [0.3, 0.4) is 0 Å². The second-order valence-electron chi connectivity index (χ2n) is 8.13. The van der Waals surface area contributed by atoms with Gasteiger partial charge in [-0.15, -0.1) is 0 Å². The smallest absolute Gasteiger partial charge is 0.220 e. The zero-order chi connectivity index (χ0) is 20.9. The summed E-state index contributed by atoms with van der Waals surface area (Å²) in [5.41, 5.74) is 3.21. The van der Waals surface area contributed by atoms with Crippen molar-refractivity contribution in [3.05, 3.63) is 59.7 Å². The number of aliphatic hydroxyl groups excluding tert-OH is 1. The van der Waals surface area contributed by atoms with E-state index in [0.29, 0.717) is 12.8 Å². The second-order valence-corrected chi connectivity index (χ2v) is 8.13. The van der Waals surface area contributed by atoms with Gasteiger partial charge in [0.2, 0.25) is 5.91 Å². The van der Waals surface area contributed by atoms with Crippen LogP contribution in [0.25, 0.3) is 0 Å². The van der Waals surface area contributed by atoms with Crippen LogP contribution >= 0.6 is 0 Å². The number of para-hydroxylation sites is 2. The highest BCUT2D eigenvalue weighted by atomic mass is 16.5. The maximum atomic E-state index is 11.4. The average Bonchev–Trinajstić information content (AvgIpc) is 3.24. The Morgan fingerprint density at radius 2 is 1.83 bits per heavy atom. The summed E-state index contributed by atoms with van der Waals surface area (Å²) in [7, 11) is 1.72. The van der Waals surface area contributed by atoms with Gasteiger partial charge >= 0.3 is 0 Å². The molecular weight excluding hydrogens is 378 g/mol. The van der Waals surface area contributed by atoms with Gasteiger partial charge in [-0.25, -0.2) is 0 Å². The van der Waals surface area contributed by atoms with Crippen LogP contribution < -0.4 is 15.0 Å². The Bertz CT molecular complexity index is 847. The summed E-state index contributed by atoms with van der Waals surface area (Å²) in [6, 6.07) is 16.3. The molecule has 6 nitrogen and oxygen atoms in total. The Hall–Kier alpha value is -2.57. The van der Waals surface area contributed by atoms with Crippen molar-refractivity contribution in [2.24, 2.45) is 0 Å². The Labute approximate surface area is 178 Å². The molecule has 2 aromatic carbocycles. The van der Waals surface area contributed by atoms with Crippen molar-refractivity contribution in [3.8, 4) is 5.75 Å². The topological polar surface area (TPSA) is 65.0 Å². The van der Waals surface area contributed by atoms with E-state index in [1.54, 1.807) is 7.11 Å². The largest absolute Gasteiger partial charge is 0.495 e. The monoisotopic (exact) mass is 409 g/mol. The molecule has 0 saturated carbocycles. The number of carbonyl (C=O) groups is 1. The van der Waals surface area contributed by atoms with Crippen LogP contribution in [0.5, 0.6) is 5.75 Å². The van der Waals surface area contributed by atoms with Gasteiger partial charge in [0.25, 0.3) is 0 Å². The predicted molar refractivity (Wildman–Crippen MR) is 118 cm³/mol. The fourth-order valence-corrected chi connectivity index (χ4v) is 4.39. The SMILES string of the molecule is COc1ccccc1N1CCN(CCC(O)c2ccc(C3CCC(=O)N3)cc2)CC1. The van der Waals surface area contributed by atoms with Crippen LogP contribution in [0.15, 0.2) is 48.5 Å². The minimum absolute atomic E-state index is 0.114. The number of piperazine rings is 1. The maximum absolute atomic E-state index is 11.4. The zero-order valence-electron chi connectivity index (χ0n) is 17.6. The van der Waals surface area contributed by atoms with Crippen molar-refractivity contribution in [1.82, 2.24) is 10.2 Å². The quantitative estimate of drug-likeness (QED) is 0.736. The molecule has 2 fully saturated rings. The van der Waals surface area contributed by atoms with Crippen LogP contribution in [0.4, 0.5) is 5.69 Å². The molecule has 4 rings (SSSR count). The van der Waals surface area contributed by atoms with E-state index in [2.05, 4.69) is 21.2 Å². The molecule has 0 bridgehead atoms. The van der Waals surface area contributed by atoms with Gasteiger partial charge in [0.1, 0.15) is 5.75 Å². The number of rotatable bonds is 7. The molecule has 2 N–H and O–H groups in total. The van der Waals surface area contributed by atoms with E-state index in [-0.39, 0.29) is 11.9 Å². The van der Waals surface area contributed by atoms with E-state index in [0.717, 1.165) is 61.7 Å². The van der Waals surface area contributed by atoms with Crippen molar-refractivity contribution >= 4 is 11.6 Å². The molecule has 2 saturated heterocycles. The van der Waals surface area contributed by atoms with E-state index < -0.39 is 6.10 Å². The highest BCUT2D eigenvalue weighted by Gasteiger charge is 2.23. The molecular formula is C24H31N3O3. The number of carbonyl (C=O) groups excluding carboxylic acids is 1. The van der Waals surface area contributed by atoms with E-state index in [9.17, 15) is 9.90 Å². The van der Waals surface area contributed by atoms with Gasteiger partial charge in [-0.2, -0.15) is 0 Å². The first kappa shape index (κ1) is 20.7. The molecule has 2 heterocycles. The Morgan fingerprint density at radius 3 is 2.50 bits per heavy atom. The van der Waals surface area contributed by atoms with Crippen LogP contribution in [0.1, 0.15) is 42.5 Å². The summed E-state index contributed by atoms with van der Waals surface area (Å²) in [5, 5.41) is 13.6. The Morgan fingerprint density at radius 1 is 1.10 bits per heavy atom. The number of hydrogen-bond acceptors (Lipinski definition) is 5. The zero-order valence-corrected chi connectivity index (χ0v) is 17.6. The van der Waals surface area contributed by atoms with Crippen LogP contribution in [-0.2, 0) is 4.79 Å². The van der Waals surface area contributed by atoms with Crippen molar-refractivity contribution < 1.29 is 14.6 Å². The first-order chi connectivity index (χ1) is 14.6. The molecule has 2 atom stereocenters. The van der Waals surface area contributed by atoms with E-state index in [1.807, 2.05) is 42.5 Å². The number of ether oxygens (including phenoxy) is 1. The first-order valence-corrected chi connectivity index (χ1v) is 10.8. The second kappa shape index (κ2) is 9.49. The van der Waals surface area contributed by atoms with E-state index >= 15 is 0 Å². The lowest BCUT2D eigenvalue weighted by Gasteiger charge is -2.36. The van der Waals surface area contributed by atoms with E-state index in [1.165, 1.54) is 0 Å². The summed E-state index contributed by atoms with van der Waals surface area (Å²) >= 11 is 0. The summed E-state index contributed by atoms with van der Waals surface area (Å²) in [6.45, 7) is 4.74. The standard InChI is InChI=1S/C24H31N3O3/c1-30-23-5-3-2-4-21(23)27-16-14-26(15-17-27)13-12-22(28)19-8-6-18(7-9-19)20-10-11-24(29)25-20/h2-9,20,22,28H,10-17H2,1H3,(H,25,29). The van der Waals surface area contributed by atoms with Gasteiger partial charge in [0.15, 0.2) is 0 Å². The normalized spacial score (nSPS) is 20.8. The van der Waals surface area contributed by atoms with Gasteiger partial charge in [0, 0.05) is 39.1 Å². The van der Waals surface area contributed by atoms with Crippen molar-refractivity contribution in [3.63, 3.8) is 0 Å². The highest BCUT2D eigenvalue weighted by Crippen LogP contribution is 2.29. The van der Waals surface area contributed by atoms with Crippen molar-refractivity contribution in [2.45, 2.75) is 31.4 Å². The van der Waals surface area contributed by atoms with Crippen molar-refractivity contribution in [2.75, 3.05) is 44.7 Å². The molecule has 0 spiro atoms. The molecule has 30 heavy (non-hydrogen) atoms. The number of amides is 1. The lowest BCUT2D eigenvalue weighted by Crippen LogP contribution is -2.46. The number of nitrogens with zero attached hydrogens (tertiary/aromatic N) is 2. The first-order valence-electron chi connectivity index (χ1n) is 10.8. The molecule has 0 radical (unpaired) electrons. The van der Waals surface area contributed by atoms with Crippen LogP contribution in [0.2, 0.25) is 0 Å². The van der Waals surface area contributed by atoms with Crippen LogP contribution in [0, 0.1) is 0 Å². The third-order valence-corrected chi connectivity index (χ3v) is 6.24. The molecule has 2 aliphatic heterocycles. The number of hydrogen-bond donors (Lipinski definition) is 2.